The predicted molar refractivity (Wildman–Crippen MR) is 71.7 cm³/mol. The summed E-state index contributed by atoms with van der Waals surface area (Å²) in [4.78, 5) is 16.8. The summed E-state index contributed by atoms with van der Waals surface area (Å²) in [5.41, 5.74) is 0.406. The van der Waals surface area contributed by atoms with Crippen LogP contribution in [0.3, 0.4) is 0 Å². The van der Waals surface area contributed by atoms with Crippen molar-refractivity contribution in [3.63, 3.8) is 0 Å². The molecular weight excluding hydrogens is 268 g/mol. The molecule has 2 heterocycles. The Labute approximate surface area is 114 Å². The number of methoxy groups -OCH3 is 1. The van der Waals surface area contributed by atoms with Crippen molar-refractivity contribution in [1.29, 1.82) is 0 Å². The van der Waals surface area contributed by atoms with E-state index in [1.165, 1.54) is 6.33 Å². The fourth-order valence-corrected chi connectivity index (χ4v) is 2.60. The zero-order valence-electron chi connectivity index (χ0n) is 10.4. The number of hydrogen-bond acceptors (Lipinski definition) is 4. The zero-order chi connectivity index (χ0) is 13.4. The van der Waals surface area contributed by atoms with Crippen molar-refractivity contribution in [2.75, 3.05) is 20.3 Å². The highest BCUT2D eigenvalue weighted by molar-refractivity contribution is 6.34. The number of fused-ring (bicyclic) bond motifs is 1. The molecule has 1 aromatic heterocycles. The quantitative estimate of drug-likeness (QED) is 0.839. The van der Waals surface area contributed by atoms with E-state index in [2.05, 4.69) is 4.98 Å². The molecule has 6 heteroatoms. The van der Waals surface area contributed by atoms with Crippen LogP contribution in [-0.4, -0.2) is 36.0 Å². The zero-order valence-corrected chi connectivity index (χ0v) is 11.1. The summed E-state index contributed by atoms with van der Waals surface area (Å²) in [5.74, 6) is 0. The summed E-state index contributed by atoms with van der Waals surface area (Å²) in [6, 6.07) is 5.05. The van der Waals surface area contributed by atoms with Crippen molar-refractivity contribution in [2.24, 2.45) is 0 Å². The molecule has 0 N–H and O–H groups in total. The van der Waals surface area contributed by atoms with Crippen LogP contribution in [0.2, 0.25) is 5.02 Å². The van der Waals surface area contributed by atoms with Crippen molar-refractivity contribution < 1.29 is 9.47 Å². The van der Waals surface area contributed by atoms with Crippen LogP contribution < -0.4 is 5.56 Å². The molecule has 19 heavy (non-hydrogen) atoms. The average molecular weight is 281 g/mol. The Hall–Kier alpha value is -1.43. The summed E-state index contributed by atoms with van der Waals surface area (Å²) in [7, 11) is 1.61. The molecule has 1 aromatic carbocycles. The first-order valence-electron chi connectivity index (χ1n) is 5.98. The molecule has 0 unspecified atom stereocenters. The van der Waals surface area contributed by atoms with Gasteiger partial charge in [-0.25, -0.2) is 4.98 Å². The number of rotatable bonds is 2. The van der Waals surface area contributed by atoms with E-state index >= 15 is 0 Å². The first-order chi connectivity index (χ1) is 9.22. The van der Waals surface area contributed by atoms with Crippen LogP contribution >= 0.6 is 11.6 Å². The number of hydrogen-bond donors (Lipinski definition) is 0. The molecule has 1 fully saturated rings. The number of ether oxygens (including phenoxy) is 2. The number of para-hydroxylation sites is 1. The molecule has 1 aliphatic heterocycles. The largest absolute Gasteiger partial charge is 0.377 e. The van der Waals surface area contributed by atoms with Gasteiger partial charge in [-0.1, -0.05) is 17.7 Å². The smallest absolute Gasteiger partial charge is 0.261 e. The highest BCUT2D eigenvalue weighted by atomic mass is 35.5. The fraction of sp³-hybridized carbons (Fsp3) is 0.385. The molecule has 2 aromatic rings. The van der Waals surface area contributed by atoms with Gasteiger partial charge < -0.3 is 9.47 Å². The van der Waals surface area contributed by atoms with Gasteiger partial charge in [0.2, 0.25) is 0 Å². The summed E-state index contributed by atoms with van der Waals surface area (Å²) in [6.07, 6.45) is 1.39. The van der Waals surface area contributed by atoms with Gasteiger partial charge in [-0.2, -0.15) is 0 Å². The van der Waals surface area contributed by atoms with Crippen LogP contribution in [0.5, 0.6) is 0 Å². The minimum Gasteiger partial charge on any atom is -0.377 e. The monoisotopic (exact) mass is 280 g/mol. The topological polar surface area (TPSA) is 53.4 Å². The maximum Gasteiger partial charge on any atom is 0.261 e. The van der Waals surface area contributed by atoms with E-state index in [-0.39, 0.29) is 17.7 Å². The molecule has 5 nitrogen and oxygen atoms in total. The van der Waals surface area contributed by atoms with Gasteiger partial charge in [0.1, 0.15) is 6.10 Å². The van der Waals surface area contributed by atoms with Crippen LogP contribution in [0.25, 0.3) is 10.9 Å². The Morgan fingerprint density at radius 3 is 3.11 bits per heavy atom. The molecule has 1 aliphatic rings. The molecular formula is C13H13ClN2O3. The highest BCUT2D eigenvalue weighted by Crippen LogP contribution is 2.22. The standard InChI is InChI=1S/C13H13ClN2O3/c1-18-11-6-19-5-10(11)16-7-15-12-8(13(16)17)3-2-4-9(12)14/h2-4,7,10-11H,5-6H2,1H3/t10-,11-/m0/s1. The van der Waals surface area contributed by atoms with Crippen LogP contribution in [-0.2, 0) is 9.47 Å². The molecule has 0 saturated carbocycles. The van der Waals surface area contributed by atoms with Crippen LogP contribution in [0, 0.1) is 0 Å². The second kappa shape index (κ2) is 4.92. The molecule has 0 aliphatic carbocycles. The number of nitrogens with zero attached hydrogens (tertiary/aromatic N) is 2. The number of benzene rings is 1. The van der Waals surface area contributed by atoms with E-state index in [0.29, 0.717) is 29.1 Å². The van der Waals surface area contributed by atoms with Crippen molar-refractivity contribution >= 4 is 22.5 Å². The Bertz CT molecular complexity index is 670. The molecule has 0 spiro atoms. The Balaban J connectivity index is 2.16. The minimum atomic E-state index is -0.145. The minimum absolute atomic E-state index is 0.120. The Kier molecular flexibility index (Phi) is 3.26. The third kappa shape index (κ3) is 2.04. The van der Waals surface area contributed by atoms with Gasteiger partial charge in [0.05, 0.1) is 41.5 Å². The lowest BCUT2D eigenvalue weighted by molar-refractivity contribution is 0.0679. The Morgan fingerprint density at radius 2 is 2.32 bits per heavy atom. The van der Waals surface area contributed by atoms with Crippen LogP contribution in [0.15, 0.2) is 29.3 Å². The summed E-state index contributed by atoms with van der Waals surface area (Å²) in [5, 5.41) is 0.990. The van der Waals surface area contributed by atoms with E-state index in [9.17, 15) is 4.79 Å². The van der Waals surface area contributed by atoms with Gasteiger partial charge in [-0.05, 0) is 12.1 Å². The predicted octanol–water partition coefficient (Wildman–Crippen LogP) is 1.64. The van der Waals surface area contributed by atoms with E-state index in [4.69, 9.17) is 21.1 Å². The number of halogens is 1. The van der Waals surface area contributed by atoms with Crippen molar-refractivity contribution in [1.82, 2.24) is 9.55 Å². The van der Waals surface area contributed by atoms with Crippen LogP contribution in [0.4, 0.5) is 0 Å². The van der Waals surface area contributed by atoms with Gasteiger partial charge in [0, 0.05) is 7.11 Å². The molecule has 0 bridgehead atoms. The van der Waals surface area contributed by atoms with E-state index in [0.717, 1.165) is 0 Å². The Morgan fingerprint density at radius 1 is 1.47 bits per heavy atom. The van der Waals surface area contributed by atoms with E-state index in [1.54, 1.807) is 29.9 Å². The lowest BCUT2D eigenvalue weighted by Crippen LogP contribution is -2.32. The van der Waals surface area contributed by atoms with Gasteiger partial charge in [0.15, 0.2) is 0 Å². The van der Waals surface area contributed by atoms with Crippen LogP contribution in [0.1, 0.15) is 6.04 Å². The van der Waals surface area contributed by atoms with Gasteiger partial charge >= 0.3 is 0 Å². The SMILES string of the molecule is CO[C@H]1COC[C@@H]1n1cnc2c(Cl)cccc2c1=O. The lowest BCUT2D eigenvalue weighted by atomic mass is 10.2. The van der Waals surface area contributed by atoms with Gasteiger partial charge in [0.25, 0.3) is 5.56 Å². The number of aromatic nitrogens is 2. The molecule has 0 amide bonds. The summed E-state index contributed by atoms with van der Waals surface area (Å²) < 4.78 is 12.3. The summed E-state index contributed by atoms with van der Waals surface area (Å²) >= 11 is 6.04. The highest BCUT2D eigenvalue weighted by Gasteiger charge is 2.30. The van der Waals surface area contributed by atoms with Crippen molar-refractivity contribution in [2.45, 2.75) is 12.1 Å². The fourth-order valence-electron chi connectivity index (χ4n) is 2.37. The third-order valence-corrected chi connectivity index (χ3v) is 3.73. The first kappa shape index (κ1) is 12.6. The lowest BCUT2D eigenvalue weighted by Gasteiger charge is -2.18. The van der Waals surface area contributed by atoms with Gasteiger partial charge in [-0.15, -0.1) is 0 Å². The van der Waals surface area contributed by atoms with E-state index < -0.39 is 0 Å². The maximum absolute atomic E-state index is 12.5. The van der Waals surface area contributed by atoms with E-state index in [1.807, 2.05) is 0 Å². The third-order valence-electron chi connectivity index (χ3n) is 3.42. The van der Waals surface area contributed by atoms with Crippen molar-refractivity contribution in [3.8, 4) is 0 Å². The van der Waals surface area contributed by atoms with Gasteiger partial charge in [-0.3, -0.25) is 9.36 Å². The summed E-state index contributed by atoms with van der Waals surface area (Å²) in [6.45, 7) is 0.938. The first-order valence-corrected chi connectivity index (χ1v) is 6.36. The molecule has 3 rings (SSSR count). The molecule has 2 atom stereocenters. The van der Waals surface area contributed by atoms with Crippen molar-refractivity contribution in [3.05, 3.63) is 39.9 Å². The second-order valence-corrected chi connectivity index (χ2v) is 4.88. The second-order valence-electron chi connectivity index (χ2n) is 4.47. The molecule has 100 valence electrons. The molecule has 1 saturated heterocycles. The maximum atomic E-state index is 12.5. The average Bonchev–Trinajstić information content (AvgIpc) is 2.88. The normalized spacial score (nSPS) is 23.1. The molecule has 0 radical (unpaired) electrons.